The van der Waals surface area contributed by atoms with Gasteiger partial charge in [0.2, 0.25) is 17.7 Å². The first-order valence-corrected chi connectivity index (χ1v) is 6.68. The Kier molecular flexibility index (Phi) is 3.66. The van der Waals surface area contributed by atoms with Gasteiger partial charge in [-0.05, 0) is 12.1 Å². The lowest BCUT2D eigenvalue weighted by Gasteiger charge is -2.18. The summed E-state index contributed by atoms with van der Waals surface area (Å²) in [5.41, 5.74) is 6.10. The Bertz CT molecular complexity index is 631. The fraction of sp³-hybridized carbons (Fsp3) is 0.357. The number of halogens is 1. The van der Waals surface area contributed by atoms with E-state index in [0.29, 0.717) is 11.8 Å². The van der Waals surface area contributed by atoms with Gasteiger partial charge in [-0.1, -0.05) is 18.2 Å². The number of primary amides is 1. The van der Waals surface area contributed by atoms with E-state index in [4.69, 9.17) is 10.2 Å². The number of rotatable bonds is 4. The van der Waals surface area contributed by atoms with E-state index in [2.05, 4.69) is 10.2 Å². The summed E-state index contributed by atoms with van der Waals surface area (Å²) in [4.78, 5) is 13.0. The predicted octanol–water partition coefficient (Wildman–Crippen LogP) is 1.13. The average Bonchev–Trinajstić information content (AvgIpc) is 3.07. The van der Waals surface area contributed by atoms with E-state index in [1.165, 1.54) is 0 Å². The molecular weight excluding hydrogens is 275 g/mol. The molecule has 7 heteroatoms. The van der Waals surface area contributed by atoms with E-state index in [9.17, 15) is 9.18 Å². The van der Waals surface area contributed by atoms with Gasteiger partial charge in [0.15, 0.2) is 0 Å². The molecule has 0 radical (unpaired) electrons. The first-order chi connectivity index (χ1) is 10.1. The van der Waals surface area contributed by atoms with Crippen LogP contribution in [0.3, 0.4) is 0 Å². The van der Waals surface area contributed by atoms with Crippen LogP contribution in [0.1, 0.15) is 12.3 Å². The SMILES string of the molecule is NC(=O)[C@@H]1C[C@@H](F)CN1Cc1nnc(-c2ccccc2)o1. The zero-order chi connectivity index (χ0) is 14.8. The number of benzene rings is 1. The fourth-order valence-corrected chi connectivity index (χ4v) is 2.51. The number of hydrogen-bond donors (Lipinski definition) is 1. The normalized spacial score (nSPS) is 22.5. The second-order valence-electron chi connectivity index (χ2n) is 5.05. The zero-order valence-electron chi connectivity index (χ0n) is 11.3. The summed E-state index contributed by atoms with van der Waals surface area (Å²) < 4.78 is 19.0. The summed E-state index contributed by atoms with van der Waals surface area (Å²) in [6.45, 7) is 0.366. The summed E-state index contributed by atoms with van der Waals surface area (Å²) in [6, 6.07) is 8.73. The Labute approximate surface area is 120 Å². The lowest BCUT2D eigenvalue weighted by atomic mass is 10.2. The molecule has 0 unspecified atom stereocenters. The van der Waals surface area contributed by atoms with Gasteiger partial charge in [0, 0.05) is 18.5 Å². The summed E-state index contributed by atoms with van der Waals surface area (Å²) >= 11 is 0. The van der Waals surface area contributed by atoms with Crippen LogP contribution in [-0.4, -0.2) is 39.8 Å². The highest BCUT2D eigenvalue weighted by atomic mass is 19.1. The smallest absolute Gasteiger partial charge is 0.247 e. The van der Waals surface area contributed by atoms with Gasteiger partial charge in [-0.2, -0.15) is 0 Å². The highest BCUT2D eigenvalue weighted by Crippen LogP contribution is 2.23. The van der Waals surface area contributed by atoms with Crippen LogP contribution in [0.15, 0.2) is 34.7 Å². The molecule has 2 aromatic rings. The standard InChI is InChI=1S/C14H15FN4O2/c15-10-6-11(13(16)20)19(7-10)8-12-17-18-14(21-12)9-4-2-1-3-5-9/h1-5,10-11H,6-8H2,(H2,16,20)/t10-,11+/m1/s1. The maximum Gasteiger partial charge on any atom is 0.247 e. The fourth-order valence-electron chi connectivity index (χ4n) is 2.51. The Morgan fingerprint density at radius 3 is 2.86 bits per heavy atom. The van der Waals surface area contributed by atoms with E-state index < -0.39 is 18.1 Å². The van der Waals surface area contributed by atoms with Gasteiger partial charge in [-0.15, -0.1) is 10.2 Å². The molecule has 1 aliphatic heterocycles. The molecule has 6 nitrogen and oxygen atoms in total. The van der Waals surface area contributed by atoms with Crippen LogP contribution in [0.2, 0.25) is 0 Å². The molecule has 1 saturated heterocycles. The van der Waals surface area contributed by atoms with Crippen LogP contribution >= 0.6 is 0 Å². The maximum absolute atomic E-state index is 13.4. The zero-order valence-corrected chi connectivity index (χ0v) is 11.3. The molecule has 0 bridgehead atoms. The first-order valence-electron chi connectivity index (χ1n) is 6.68. The van der Waals surface area contributed by atoms with Crippen molar-refractivity contribution in [3.8, 4) is 11.5 Å². The second-order valence-corrected chi connectivity index (χ2v) is 5.05. The molecule has 1 amide bonds. The minimum absolute atomic E-state index is 0.120. The van der Waals surface area contributed by atoms with Crippen LogP contribution in [0.4, 0.5) is 4.39 Å². The van der Waals surface area contributed by atoms with Crippen LogP contribution < -0.4 is 5.73 Å². The predicted molar refractivity (Wildman–Crippen MR) is 72.6 cm³/mol. The molecule has 0 saturated carbocycles. The Morgan fingerprint density at radius 1 is 1.38 bits per heavy atom. The lowest BCUT2D eigenvalue weighted by molar-refractivity contribution is -0.122. The largest absolute Gasteiger partial charge is 0.419 e. The Hall–Kier alpha value is -2.28. The number of nitrogens with zero attached hydrogens (tertiary/aromatic N) is 3. The van der Waals surface area contributed by atoms with E-state index >= 15 is 0 Å². The van der Waals surface area contributed by atoms with Gasteiger partial charge >= 0.3 is 0 Å². The molecule has 2 N–H and O–H groups in total. The summed E-state index contributed by atoms with van der Waals surface area (Å²) in [5, 5.41) is 7.91. The van der Waals surface area contributed by atoms with E-state index in [0.717, 1.165) is 5.56 Å². The first kappa shape index (κ1) is 13.7. The number of aromatic nitrogens is 2. The molecule has 21 heavy (non-hydrogen) atoms. The van der Waals surface area contributed by atoms with Gasteiger partial charge < -0.3 is 10.2 Å². The summed E-state index contributed by atoms with van der Waals surface area (Å²) in [5.74, 6) is 0.212. The van der Waals surface area contributed by atoms with Gasteiger partial charge in [-0.3, -0.25) is 9.69 Å². The molecular formula is C14H15FN4O2. The molecule has 1 fully saturated rings. The van der Waals surface area contributed by atoms with Crippen LogP contribution in [0.5, 0.6) is 0 Å². The van der Waals surface area contributed by atoms with Crippen molar-refractivity contribution in [3.05, 3.63) is 36.2 Å². The topological polar surface area (TPSA) is 85.3 Å². The highest BCUT2D eigenvalue weighted by molar-refractivity contribution is 5.80. The van der Waals surface area contributed by atoms with Gasteiger partial charge in [0.25, 0.3) is 0 Å². The molecule has 0 aliphatic carbocycles. The number of amides is 1. The van der Waals surface area contributed by atoms with Crippen LogP contribution in [0.25, 0.3) is 11.5 Å². The third-order valence-corrected chi connectivity index (χ3v) is 3.51. The third kappa shape index (κ3) is 2.92. The molecule has 110 valence electrons. The molecule has 2 atom stereocenters. The minimum atomic E-state index is -1.06. The Balaban J connectivity index is 1.74. The monoisotopic (exact) mass is 290 g/mol. The van der Waals surface area contributed by atoms with Crippen molar-refractivity contribution in [3.63, 3.8) is 0 Å². The third-order valence-electron chi connectivity index (χ3n) is 3.51. The number of likely N-dealkylation sites (tertiary alicyclic amines) is 1. The highest BCUT2D eigenvalue weighted by Gasteiger charge is 2.36. The molecule has 1 aliphatic rings. The molecule has 0 spiro atoms. The van der Waals surface area contributed by atoms with Gasteiger partial charge in [0.05, 0.1) is 12.6 Å². The second kappa shape index (κ2) is 5.61. The Morgan fingerprint density at radius 2 is 2.14 bits per heavy atom. The van der Waals surface area contributed by atoms with Gasteiger partial charge in [-0.25, -0.2) is 4.39 Å². The van der Waals surface area contributed by atoms with Crippen LogP contribution in [-0.2, 0) is 11.3 Å². The number of alkyl halides is 1. The number of carbonyl (C=O) groups excluding carboxylic acids is 1. The summed E-state index contributed by atoms with van der Waals surface area (Å²) in [7, 11) is 0. The number of hydrogen-bond acceptors (Lipinski definition) is 5. The average molecular weight is 290 g/mol. The van der Waals surface area contributed by atoms with E-state index in [1.807, 2.05) is 30.3 Å². The van der Waals surface area contributed by atoms with Crippen molar-refractivity contribution in [1.82, 2.24) is 15.1 Å². The van der Waals surface area contributed by atoms with Crippen molar-refractivity contribution in [2.75, 3.05) is 6.54 Å². The molecule has 3 rings (SSSR count). The molecule has 2 heterocycles. The van der Waals surface area contributed by atoms with Gasteiger partial charge in [0.1, 0.15) is 6.17 Å². The minimum Gasteiger partial charge on any atom is -0.419 e. The summed E-state index contributed by atoms with van der Waals surface area (Å²) in [6.07, 6.45) is -0.936. The van der Waals surface area contributed by atoms with Crippen molar-refractivity contribution in [2.45, 2.75) is 25.2 Å². The van der Waals surface area contributed by atoms with Crippen molar-refractivity contribution < 1.29 is 13.6 Å². The number of carbonyl (C=O) groups is 1. The lowest BCUT2D eigenvalue weighted by Crippen LogP contribution is -2.39. The van der Waals surface area contributed by atoms with Crippen LogP contribution in [0, 0.1) is 0 Å². The van der Waals surface area contributed by atoms with E-state index in [1.54, 1.807) is 4.90 Å². The van der Waals surface area contributed by atoms with E-state index in [-0.39, 0.29) is 19.5 Å². The maximum atomic E-state index is 13.4. The van der Waals surface area contributed by atoms with Crippen molar-refractivity contribution in [2.24, 2.45) is 5.73 Å². The molecule has 1 aromatic carbocycles. The van der Waals surface area contributed by atoms with Crippen molar-refractivity contribution in [1.29, 1.82) is 0 Å². The molecule has 1 aromatic heterocycles. The number of nitrogens with two attached hydrogens (primary N) is 1. The quantitative estimate of drug-likeness (QED) is 0.912. The van der Waals surface area contributed by atoms with Crippen molar-refractivity contribution >= 4 is 5.91 Å².